The third kappa shape index (κ3) is 22.4. The SMILES string of the molecule is CCCCCCCCCCCCCCCC=CC(=O)[O-].[Ag+]. The molecule has 0 saturated carbocycles. The molecule has 0 heterocycles. The summed E-state index contributed by atoms with van der Waals surface area (Å²) in [6.07, 6.45) is 21.2. The molecule has 0 rings (SSSR count). The molecule has 0 aliphatic rings. The standard InChI is InChI=1S/C18H34O2.Ag/c1-2-3-4-5-6-7-8-9-10-11-12-13-14-15-16-17-18(19)20;/h16-17H,2-15H2,1H3,(H,19,20);/q;+1/p-1. The van der Waals surface area contributed by atoms with E-state index in [4.69, 9.17) is 0 Å². The fraction of sp³-hybridized carbons (Fsp3) is 0.833. The maximum atomic E-state index is 10.1. The van der Waals surface area contributed by atoms with Crippen LogP contribution in [0.25, 0.3) is 0 Å². The van der Waals surface area contributed by atoms with Gasteiger partial charge in [-0.2, -0.15) is 0 Å². The zero-order valence-corrected chi connectivity index (χ0v) is 15.2. The first-order chi connectivity index (χ1) is 9.77. The molecule has 0 aliphatic carbocycles. The van der Waals surface area contributed by atoms with Crippen molar-refractivity contribution >= 4 is 5.97 Å². The van der Waals surface area contributed by atoms with Crippen molar-refractivity contribution in [2.75, 3.05) is 0 Å². The van der Waals surface area contributed by atoms with Gasteiger partial charge in [0.15, 0.2) is 0 Å². The molecule has 0 unspecified atom stereocenters. The van der Waals surface area contributed by atoms with E-state index in [1.165, 1.54) is 77.0 Å². The first-order valence-corrected chi connectivity index (χ1v) is 8.65. The maximum Gasteiger partial charge on any atom is 1.00 e. The molecule has 0 bridgehead atoms. The molecule has 3 heteroatoms. The second kappa shape index (κ2) is 20.0. The summed E-state index contributed by atoms with van der Waals surface area (Å²) in [7, 11) is 0. The Morgan fingerprint density at radius 1 is 0.762 bits per heavy atom. The number of aliphatic carboxylic acids is 1. The van der Waals surface area contributed by atoms with Crippen LogP contribution in [0, 0.1) is 0 Å². The van der Waals surface area contributed by atoms with Gasteiger partial charge in [-0.15, -0.1) is 0 Å². The number of rotatable bonds is 15. The Morgan fingerprint density at radius 3 is 1.52 bits per heavy atom. The van der Waals surface area contributed by atoms with E-state index >= 15 is 0 Å². The predicted molar refractivity (Wildman–Crippen MR) is 84.5 cm³/mol. The Morgan fingerprint density at radius 2 is 1.14 bits per heavy atom. The van der Waals surface area contributed by atoms with Crippen LogP contribution < -0.4 is 5.11 Å². The van der Waals surface area contributed by atoms with Gasteiger partial charge in [-0.05, 0) is 18.9 Å². The van der Waals surface area contributed by atoms with Crippen LogP contribution in [0.3, 0.4) is 0 Å². The molecule has 0 radical (unpaired) electrons. The monoisotopic (exact) mass is 388 g/mol. The van der Waals surface area contributed by atoms with Gasteiger partial charge in [-0.1, -0.05) is 90.0 Å². The van der Waals surface area contributed by atoms with Crippen LogP contribution in [0.4, 0.5) is 0 Å². The van der Waals surface area contributed by atoms with Crippen molar-refractivity contribution in [2.45, 2.75) is 96.8 Å². The van der Waals surface area contributed by atoms with Gasteiger partial charge in [0.05, 0.1) is 5.97 Å². The fourth-order valence-electron chi connectivity index (χ4n) is 2.46. The maximum absolute atomic E-state index is 10.1. The molecule has 2 nitrogen and oxygen atoms in total. The summed E-state index contributed by atoms with van der Waals surface area (Å²) in [4.78, 5) is 10.1. The van der Waals surface area contributed by atoms with Crippen molar-refractivity contribution in [1.29, 1.82) is 0 Å². The van der Waals surface area contributed by atoms with E-state index < -0.39 is 5.97 Å². The van der Waals surface area contributed by atoms with Gasteiger partial charge >= 0.3 is 22.4 Å². The molecule has 0 aromatic carbocycles. The van der Waals surface area contributed by atoms with Gasteiger partial charge < -0.3 is 9.90 Å². The van der Waals surface area contributed by atoms with Crippen molar-refractivity contribution in [3.63, 3.8) is 0 Å². The second-order valence-corrected chi connectivity index (χ2v) is 5.75. The molecule has 0 aromatic rings. The molecule has 0 N–H and O–H groups in total. The molecule has 0 aliphatic heterocycles. The largest absolute Gasteiger partial charge is 1.00 e. The smallest absolute Gasteiger partial charge is 0.545 e. The molecule has 0 atom stereocenters. The Balaban J connectivity index is 0. The van der Waals surface area contributed by atoms with Gasteiger partial charge in [0, 0.05) is 0 Å². The molecule has 21 heavy (non-hydrogen) atoms. The van der Waals surface area contributed by atoms with Crippen LogP contribution in [-0.2, 0) is 27.2 Å². The first-order valence-electron chi connectivity index (χ1n) is 8.65. The number of unbranched alkanes of at least 4 members (excludes halogenated alkanes) is 13. The number of hydrogen-bond donors (Lipinski definition) is 0. The Labute approximate surface area is 147 Å². The van der Waals surface area contributed by atoms with Gasteiger partial charge in [0.25, 0.3) is 0 Å². The van der Waals surface area contributed by atoms with Gasteiger partial charge in [-0.3, -0.25) is 0 Å². The van der Waals surface area contributed by atoms with Crippen LogP contribution in [0.15, 0.2) is 12.2 Å². The molecule has 0 spiro atoms. The van der Waals surface area contributed by atoms with Crippen LogP contribution >= 0.6 is 0 Å². The number of carbonyl (C=O) groups is 1. The normalized spacial score (nSPS) is 10.7. The topological polar surface area (TPSA) is 40.1 Å². The zero-order valence-electron chi connectivity index (χ0n) is 13.7. The van der Waals surface area contributed by atoms with Gasteiger partial charge in [-0.25, -0.2) is 0 Å². The summed E-state index contributed by atoms with van der Waals surface area (Å²) in [5.41, 5.74) is 0. The summed E-state index contributed by atoms with van der Waals surface area (Å²) in [6, 6.07) is 0. The molecule has 0 fully saturated rings. The summed E-state index contributed by atoms with van der Waals surface area (Å²) in [5, 5.41) is 10.1. The van der Waals surface area contributed by atoms with Crippen molar-refractivity contribution in [2.24, 2.45) is 0 Å². The molecular formula is C18H33AgO2. The van der Waals surface area contributed by atoms with Crippen LogP contribution in [0.1, 0.15) is 96.8 Å². The van der Waals surface area contributed by atoms with Crippen LogP contribution in [0.2, 0.25) is 0 Å². The molecule has 0 saturated heterocycles. The zero-order chi connectivity index (χ0) is 14.9. The molecule has 128 valence electrons. The summed E-state index contributed by atoms with van der Waals surface area (Å²) >= 11 is 0. The van der Waals surface area contributed by atoms with E-state index in [2.05, 4.69) is 6.92 Å². The van der Waals surface area contributed by atoms with Gasteiger partial charge in [0.1, 0.15) is 0 Å². The van der Waals surface area contributed by atoms with Crippen molar-refractivity contribution < 1.29 is 32.3 Å². The average Bonchev–Trinajstić information content (AvgIpc) is 2.43. The van der Waals surface area contributed by atoms with E-state index in [-0.39, 0.29) is 22.4 Å². The number of carbonyl (C=O) groups excluding carboxylic acids is 1. The second-order valence-electron chi connectivity index (χ2n) is 5.75. The average molecular weight is 389 g/mol. The Kier molecular flexibility index (Phi) is 22.1. The van der Waals surface area contributed by atoms with E-state index in [0.717, 1.165) is 18.9 Å². The number of hydrogen-bond acceptors (Lipinski definition) is 2. The van der Waals surface area contributed by atoms with Gasteiger partial charge in [0.2, 0.25) is 0 Å². The Hall–Kier alpha value is -0.0497. The van der Waals surface area contributed by atoms with Crippen molar-refractivity contribution in [3.05, 3.63) is 12.2 Å². The van der Waals surface area contributed by atoms with E-state index in [1.807, 2.05) is 0 Å². The minimum atomic E-state index is -1.08. The quantitative estimate of drug-likeness (QED) is 0.230. The van der Waals surface area contributed by atoms with E-state index in [0.29, 0.717) is 0 Å². The minimum absolute atomic E-state index is 0. The number of allylic oxidation sites excluding steroid dienone is 1. The minimum Gasteiger partial charge on any atom is -0.545 e. The molecular weight excluding hydrogens is 356 g/mol. The van der Waals surface area contributed by atoms with Crippen LogP contribution in [0.5, 0.6) is 0 Å². The Bertz CT molecular complexity index is 239. The van der Waals surface area contributed by atoms with Crippen molar-refractivity contribution in [3.8, 4) is 0 Å². The molecule has 0 amide bonds. The number of carboxylic acids is 1. The van der Waals surface area contributed by atoms with E-state index in [9.17, 15) is 9.90 Å². The van der Waals surface area contributed by atoms with Crippen molar-refractivity contribution in [1.82, 2.24) is 0 Å². The fourth-order valence-corrected chi connectivity index (χ4v) is 2.46. The van der Waals surface area contributed by atoms with Crippen LogP contribution in [-0.4, -0.2) is 5.97 Å². The third-order valence-electron chi connectivity index (χ3n) is 3.73. The summed E-state index contributed by atoms with van der Waals surface area (Å²) < 4.78 is 0. The first kappa shape index (κ1) is 23.2. The summed E-state index contributed by atoms with van der Waals surface area (Å²) in [6.45, 7) is 2.26. The third-order valence-corrected chi connectivity index (χ3v) is 3.73. The molecule has 0 aromatic heterocycles. The predicted octanol–water partition coefficient (Wildman–Crippen LogP) is 4.77. The van der Waals surface area contributed by atoms with E-state index in [1.54, 1.807) is 6.08 Å². The summed E-state index contributed by atoms with van der Waals surface area (Å²) in [5.74, 6) is -1.08. The number of carboxylic acid groups (broad SMARTS) is 1.